The van der Waals surface area contributed by atoms with Crippen LogP contribution in [-0.4, -0.2) is 49.7 Å². The van der Waals surface area contributed by atoms with E-state index >= 15 is 0 Å². The predicted molar refractivity (Wildman–Crippen MR) is 240 cm³/mol. The fraction of sp³-hybridized carbons (Fsp3) is 0.880. The molecule has 0 radical (unpaired) electrons. The smallest absolute Gasteiger partial charge is 0.305 e. The third kappa shape index (κ3) is 36.5. The summed E-state index contributed by atoms with van der Waals surface area (Å²) in [5.74, 6) is 1.90. The van der Waals surface area contributed by atoms with Gasteiger partial charge >= 0.3 is 11.9 Å². The third-order valence-corrected chi connectivity index (χ3v) is 12.1. The number of allylic oxidation sites excluding steroid dienone is 4. The van der Waals surface area contributed by atoms with Gasteiger partial charge < -0.3 is 14.4 Å². The van der Waals surface area contributed by atoms with Crippen LogP contribution in [0, 0.1) is 17.8 Å². The first kappa shape index (κ1) is 53.4. The van der Waals surface area contributed by atoms with Gasteiger partial charge in [0.05, 0.1) is 13.2 Å². The van der Waals surface area contributed by atoms with Gasteiger partial charge in [-0.25, -0.2) is 0 Å². The van der Waals surface area contributed by atoms with E-state index in [1.807, 2.05) is 0 Å². The van der Waals surface area contributed by atoms with E-state index in [1.165, 1.54) is 122 Å². The Hall–Kier alpha value is -1.62. The molecule has 0 unspecified atom stereocenters. The number of rotatable bonds is 41. The van der Waals surface area contributed by atoms with Gasteiger partial charge in [0, 0.05) is 18.9 Å². The lowest BCUT2D eigenvalue weighted by atomic mass is 9.90. The molecule has 0 rings (SSSR count). The average molecular weight is 774 g/mol. The highest BCUT2D eigenvalue weighted by Crippen LogP contribution is 2.24. The molecule has 0 aromatic heterocycles. The Kier molecular flexibility index (Phi) is 39.4. The molecule has 5 nitrogen and oxygen atoms in total. The summed E-state index contributed by atoms with van der Waals surface area (Å²) in [5, 5.41) is 0. The monoisotopic (exact) mass is 774 g/mol. The van der Waals surface area contributed by atoms with Crippen molar-refractivity contribution in [2.45, 2.75) is 240 Å². The summed E-state index contributed by atoms with van der Waals surface area (Å²) in [4.78, 5) is 26.3. The molecular weight excluding hydrogens is 679 g/mol. The highest BCUT2D eigenvalue weighted by Gasteiger charge is 2.12. The molecule has 0 N–H and O–H groups in total. The van der Waals surface area contributed by atoms with Crippen LogP contribution in [0.1, 0.15) is 234 Å². The normalized spacial score (nSPS) is 12.2. The molecule has 0 aliphatic rings. The first-order chi connectivity index (χ1) is 26.8. The molecule has 0 bridgehead atoms. The van der Waals surface area contributed by atoms with Gasteiger partial charge in [-0.2, -0.15) is 0 Å². The minimum absolute atomic E-state index is 0.0212. The third-order valence-electron chi connectivity index (χ3n) is 12.1. The molecule has 0 amide bonds. The summed E-state index contributed by atoms with van der Waals surface area (Å²) in [6.07, 6.45) is 45.5. The standard InChI is InChI=1S/C50H95NO4/c1-8-46(9-2)43-54-49(52)40-34-30-26-22-18-14-12-16-20-24-28-32-37-48(39-36-42-51(7)45(5)6)38-33-29-25-21-17-13-15-19-23-27-31-35-41-50(53)55-44-47(10-3)11-4/h18-19,22-23,45-48H,8-17,20-21,24-44H2,1-7H3/b22-18-,23-19-. The van der Waals surface area contributed by atoms with E-state index in [1.54, 1.807) is 0 Å². The van der Waals surface area contributed by atoms with E-state index in [-0.39, 0.29) is 11.9 Å². The van der Waals surface area contributed by atoms with Crippen LogP contribution in [0.25, 0.3) is 0 Å². The second-order valence-corrected chi connectivity index (χ2v) is 17.1. The molecule has 0 saturated carbocycles. The Bertz CT molecular complexity index is 828. The lowest BCUT2D eigenvalue weighted by molar-refractivity contribution is -0.146. The van der Waals surface area contributed by atoms with E-state index in [9.17, 15) is 9.59 Å². The van der Waals surface area contributed by atoms with Crippen molar-refractivity contribution in [2.24, 2.45) is 17.8 Å². The molecule has 0 fully saturated rings. The van der Waals surface area contributed by atoms with Gasteiger partial charge in [-0.3, -0.25) is 9.59 Å². The molecule has 0 aliphatic heterocycles. The molecule has 0 spiro atoms. The highest BCUT2D eigenvalue weighted by atomic mass is 16.5. The van der Waals surface area contributed by atoms with Gasteiger partial charge in [0.15, 0.2) is 0 Å². The van der Waals surface area contributed by atoms with Crippen molar-refractivity contribution in [3.63, 3.8) is 0 Å². The molecule has 5 heteroatoms. The van der Waals surface area contributed by atoms with Gasteiger partial charge in [-0.05, 0) is 122 Å². The molecule has 0 saturated heterocycles. The van der Waals surface area contributed by atoms with Crippen molar-refractivity contribution in [1.82, 2.24) is 4.90 Å². The Balaban J connectivity index is 3.94. The van der Waals surface area contributed by atoms with E-state index in [2.05, 4.69) is 77.8 Å². The van der Waals surface area contributed by atoms with Crippen molar-refractivity contribution in [3.8, 4) is 0 Å². The molecular formula is C50H95NO4. The van der Waals surface area contributed by atoms with Crippen LogP contribution in [0.4, 0.5) is 0 Å². The van der Waals surface area contributed by atoms with E-state index in [4.69, 9.17) is 9.47 Å². The minimum Gasteiger partial charge on any atom is -0.465 e. The van der Waals surface area contributed by atoms with Crippen LogP contribution in [0.3, 0.4) is 0 Å². The van der Waals surface area contributed by atoms with Crippen LogP contribution in [0.2, 0.25) is 0 Å². The van der Waals surface area contributed by atoms with Gasteiger partial charge in [0.25, 0.3) is 0 Å². The Morgan fingerprint density at radius 1 is 0.455 bits per heavy atom. The van der Waals surface area contributed by atoms with Crippen LogP contribution < -0.4 is 0 Å². The average Bonchev–Trinajstić information content (AvgIpc) is 3.18. The second-order valence-electron chi connectivity index (χ2n) is 17.1. The molecule has 0 aliphatic carbocycles. The maximum Gasteiger partial charge on any atom is 0.305 e. The fourth-order valence-corrected chi connectivity index (χ4v) is 7.27. The molecule has 0 aromatic rings. The van der Waals surface area contributed by atoms with E-state index in [0.717, 1.165) is 70.1 Å². The fourth-order valence-electron chi connectivity index (χ4n) is 7.27. The first-order valence-corrected chi connectivity index (χ1v) is 24.1. The minimum atomic E-state index is -0.0212. The highest BCUT2D eigenvalue weighted by molar-refractivity contribution is 5.69. The second kappa shape index (κ2) is 40.6. The summed E-state index contributed by atoms with van der Waals surface area (Å²) >= 11 is 0. The predicted octanol–water partition coefficient (Wildman–Crippen LogP) is 15.2. The number of ether oxygens (including phenoxy) is 2. The number of hydrogen-bond acceptors (Lipinski definition) is 5. The molecule has 324 valence electrons. The number of unbranched alkanes of at least 4 members (excludes halogenated alkanes) is 16. The Morgan fingerprint density at radius 3 is 1.15 bits per heavy atom. The van der Waals surface area contributed by atoms with Crippen LogP contribution in [0.5, 0.6) is 0 Å². The maximum absolute atomic E-state index is 11.9. The van der Waals surface area contributed by atoms with Crippen molar-refractivity contribution in [1.29, 1.82) is 0 Å². The zero-order chi connectivity index (χ0) is 40.6. The lowest BCUT2D eigenvalue weighted by Gasteiger charge is -2.23. The number of esters is 2. The quantitative estimate of drug-likeness (QED) is 0.0352. The van der Waals surface area contributed by atoms with Crippen LogP contribution in [-0.2, 0) is 19.1 Å². The van der Waals surface area contributed by atoms with Crippen LogP contribution in [0.15, 0.2) is 24.3 Å². The number of hydrogen-bond donors (Lipinski definition) is 0. The first-order valence-electron chi connectivity index (χ1n) is 24.1. The number of carbonyl (C=O) groups excluding carboxylic acids is 2. The topological polar surface area (TPSA) is 55.8 Å². The summed E-state index contributed by atoms with van der Waals surface area (Å²) in [6, 6.07) is 0.641. The summed E-state index contributed by atoms with van der Waals surface area (Å²) in [5.41, 5.74) is 0. The summed E-state index contributed by atoms with van der Waals surface area (Å²) in [7, 11) is 2.28. The summed E-state index contributed by atoms with van der Waals surface area (Å²) in [6.45, 7) is 15.7. The molecule has 0 heterocycles. The van der Waals surface area contributed by atoms with Gasteiger partial charge in [0.2, 0.25) is 0 Å². The number of nitrogens with zero attached hydrogens (tertiary/aromatic N) is 1. The molecule has 0 atom stereocenters. The zero-order valence-electron chi connectivity index (χ0n) is 38.0. The largest absolute Gasteiger partial charge is 0.465 e. The lowest BCUT2D eigenvalue weighted by Crippen LogP contribution is -2.27. The van der Waals surface area contributed by atoms with Gasteiger partial charge in [-0.15, -0.1) is 0 Å². The Labute approximate surface area is 344 Å². The SMILES string of the molecule is CCC(CC)COC(=O)CCCC/C=C\CCCCCCCCC(CCCCCCCC/C=C\CCCCC(=O)OCC(CC)CC)CCCN(C)C(C)C. The maximum atomic E-state index is 11.9. The summed E-state index contributed by atoms with van der Waals surface area (Å²) < 4.78 is 10.9. The van der Waals surface area contributed by atoms with Crippen molar-refractivity contribution in [2.75, 3.05) is 26.8 Å². The molecule has 55 heavy (non-hydrogen) atoms. The van der Waals surface area contributed by atoms with Crippen molar-refractivity contribution >= 4 is 11.9 Å². The van der Waals surface area contributed by atoms with Gasteiger partial charge in [-0.1, -0.05) is 155 Å². The van der Waals surface area contributed by atoms with E-state index < -0.39 is 0 Å². The Morgan fingerprint density at radius 2 is 0.782 bits per heavy atom. The van der Waals surface area contributed by atoms with E-state index in [0.29, 0.717) is 43.9 Å². The molecule has 0 aromatic carbocycles. The van der Waals surface area contributed by atoms with Crippen LogP contribution >= 0.6 is 0 Å². The van der Waals surface area contributed by atoms with Crippen molar-refractivity contribution in [3.05, 3.63) is 24.3 Å². The van der Waals surface area contributed by atoms with Crippen molar-refractivity contribution < 1.29 is 19.1 Å². The zero-order valence-corrected chi connectivity index (χ0v) is 38.0. The number of carbonyl (C=O) groups is 2. The van der Waals surface area contributed by atoms with Gasteiger partial charge in [0.1, 0.15) is 0 Å².